The lowest BCUT2D eigenvalue weighted by molar-refractivity contribution is -0.115. The van der Waals surface area contributed by atoms with Gasteiger partial charge in [0.2, 0.25) is 11.9 Å². The molecule has 0 aliphatic carbocycles. The first-order chi connectivity index (χ1) is 13.0. The van der Waals surface area contributed by atoms with Crippen LogP contribution in [0.5, 0.6) is 0 Å². The second-order valence-corrected chi connectivity index (χ2v) is 7.19. The first kappa shape index (κ1) is 17.5. The molecule has 0 spiro atoms. The van der Waals surface area contributed by atoms with Crippen molar-refractivity contribution in [3.63, 3.8) is 0 Å². The highest BCUT2D eigenvalue weighted by molar-refractivity contribution is 6.31. The Balaban J connectivity index is 1.65. The molecule has 0 saturated carbocycles. The zero-order chi connectivity index (χ0) is 19.0. The van der Waals surface area contributed by atoms with Gasteiger partial charge in [-0.15, -0.1) is 0 Å². The average molecular weight is 379 g/mol. The molecule has 1 amide bonds. The third kappa shape index (κ3) is 3.64. The number of aromatic nitrogens is 2. The predicted octanol–water partition coefficient (Wildman–Crippen LogP) is 4.52. The SMILES string of the molecule is Cc1ccc(CNc2ncc3c(n2)-c2ccc(Cl)cc2NC(=O)C3)cc1C. The van der Waals surface area contributed by atoms with Crippen LogP contribution in [0.4, 0.5) is 11.6 Å². The van der Waals surface area contributed by atoms with Crippen molar-refractivity contribution in [1.29, 1.82) is 0 Å². The Hall–Kier alpha value is -2.92. The number of nitrogens with one attached hydrogen (secondary N) is 2. The minimum absolute atomic E-state index is 0.100. The summed E-state index contributed by atoms with van der Waals surface area (Å²) in [6.07, 6.45) is 1.95. The van der Waals surface area contributed by atoms with Crippen molar-refractivity contribution in [3.8, 4) is 11.3 Å². The number of carbonyl (C=O) groups is 1. The second-order valence-electron chi connectivity index (χ2n) is 6.75. The van der Waals surface area contributed by atoms with Gasteiger partial charge in [0.25, 0.3) is 0 Å². The lowest BCUT2D eigenvalue weighted by atomic mass is 10.1. The molecule has 0 bridgehead atoms. The molecular weight excluding hydrogens is 360 g/mol. The largest absolute Gasteiger partial charge is 0.350 e. The topological polar surface area (TPSA) is 66.9 Å². The highest BCUT2D eigenvalue weighted by Gasteiger charge is 2.21. The maximum atomic E-state index is 12.1. The fourth-order valence-corrected chi connectivity index (χ4v) is 3.31. The van der Waals surface area contributed by atoms with E-state index in [9.17, 15) is 4.79 Å². The minimum Gasteiger partial charge on any atom is -0.350 e. The third-order valence-corrected chi connectivity index (χ3v) is 4.98. The van der Waals surface area contributed by atoms with Gasteiger partial charge >= 0.3 is 0 Å². The van der Waals surface area contributed by atoms with Crippen LogP contribution in [0.3, 0.4) is 0 Å². The van der Waals surface area contributed by atoms with Crippen molar-refractivity contribution in [2.24, 2.45) is 0 Å². The number of hydrogen-bond acceptors (Lipinski definition) is 4. The Kier molecular flexibility index (Phi) is 4.54. The Morgan fingerprint density at radius 2 is 2.00 bits per heavy atom. The van der Waals surface area contributed by atoms with E-state index >= 15 is 0 Å². The van der Waals surface area contributed by atoms with Gasteiger partial charge in [0, 0.05) is 28.9 Å². The molecule has 1 aliphatic heterocycles. The van der Waals surface area contributed by atoms with E-state index in [1.165, 1.54) is 16.7 Å². The number of hydrogen-bond donors (Lipinski definition) is 2. The van der Waals surface area contributed by atoms with Gasteiger partial charge in [-0.25, -0.2) is 9.97 Å². The normalized spacial score (nSPS) is 12.6. The van der Waals surface area contributed by atoms with Crippen LogP contribution in [0.2, 0.25) is 5.02 Å². The summed E-state index contributed by atoms with van der Waals surface area (Å²) in [5.41, 5.74) is 6.76. The summed E-state index contributed by atoms with van der Waals surface area (Å²) in [5, 5.41) is 6.73. The number of carbonyl (C=O) groups excluding carboxylic acids is 1. The maximum absolute atomic E-state index is 12.1. The molecule has 2 aromatic carbocycles. The van der Waals surface area contributed by atoms with E-state index in [4.69, 9.17) is 11.6 Å². The van der Waals surface area contributed by atoms with Crippen LogP contribution in [-0.4, -0.2) is 15.9 Å². The molecule has 0 radical (unpaired) electrons. The van der Waals surface area contributed by atoms with E-state index in [1.807, 2.05) is 6.07 Å². The molecule has 4 rings (SSSR count). The molecule has 0 atom stereocenters. The van der Waals surface area contributed by atoms with Crippen molar-refractivity contribution in [1.82, 2.24) is 9.97 Å². The molecule has 1 aliphatic rings. The van der Waals surface area contributed by atoms with Gasteiger partial charge in [-0.3, -0.25) is 4.79 Å². The lowest BCUT2D eigenvalue weighted by Crippen LogP contribution is -2.13. The number of anilines is 2. The van der Waals surface area contributed by atoms with Crippen LogP contribution >= 0.6 is 11.6 Å². The first-order valence-electron chi connectivity index (χ1n) is 8.75. The number of nitrogens with zero attached hydrogens (tertiary/aromatic N) is 2. The van der Waals surface area contributed by atoms with Crippen LogP contribution in [-0.2, 0) is 17.8 Å². The highest BCUT2D eigenvalue weighted by atomic mass is 35.5. The molecule has 5 nitrogen and oxygen atoms in total. The Bertz CT molecular complexity index is 1050. The van der Waals surface area contributed by atoms with E-state index in [0.717, 1.165) is 16.8 Å². The summed E-state index contributed by atoms with van der Waals surface area (Å²) in [4.78, 5) is 21.2. The molecule has 136 valence electrons. The summed E-state index contributed by atoms with van der Waals surface area (Å²) in [7, 11) is 0. The molecule has 3 aromatic rings. The number of benzene rings is 2. The summed E-state index contributed by atoms with van der Waals surface area (Å²) in [6, 6.07) is 11.8. The van der Waals surface area contributed by atoms with Gasteiger partial charge in [0.1, 0.15) is 0 Å². The van der Waals surface area contributed by atoms with Crippen molar-refractivity contribution >= 4 is 29.1 Å². The molecule has 27 heavy (non-hydrogen) atoms. The van der Waals surface area contributed by atoms with Crippen LogP contribution in [0.1, 0.15) is 22.3 Å². The van der Waals surface area contributed by atoms with E-state index in [-0.39, 0.29) is 12.3 Å². The Morgan fingerprint density at radius 1 is 1.15 bits per heavy atom. The highest BCUT2D eigenvalue weighted by Crippen LogP contribution is 2.34. The molecule has 0 unspecified atom stereocenters. The first-order valence-corrected chi connectivity index (χ1v) is 9.13. The predicted molar refractivity (Wildman–Crippen MR) is 108 cm³/mol. The number of rotatable bonds is 3. The van der Waals surface area contributed by atoms with Gasteiger partial charge in [-0.2, -0.15) is 0 Å². The summed E-state index contributed by atoms with van der Waals surface area (Å²) in [5.74, 6) is 0.430. The average Bonchev–Trinajstić information content (AvgIpc) is 2.77. The summed E-state index contributed by atoms with van der Waals surface area (Å²) >= 11 is 6.08. The van der Waals surface area contributed by atoms with Crippen molar-refractivity contribution in [2.45, 2.75) is 26.8 Å². The third-order valence-electron chi connectivity index (χ3n) is 4.75. The molecular formula is C21H19ClN4O. The monoisotopic (exact) mass is 378 g/mol. The molecule has 0 fully saturated rings. The van der Waals surface area contributed by atoms with E-state index < -0.39 is 0 Å². The quantitative estimate of drug-likeness (QED) is 0.703. The Labute approximate surface area is 162 Å². The lowest BCUT2D eigenvalue weighted by Gasteiger charge is -2.11. The van der Waals surface area contributed by atoms with Gasteiger partial charge < -0.3 is 10.6 Å². The summed E-state index contributed by atoms with van der Waals surface area (Å²) in [6.45, 7) is 4.83. The summed E-state index contributed by atoms with van der Waals surface area (Å²) < 4.78 is 0. The van der Waals surface area contributed by atoms with Gasteiger partial charge in [0.15, 0.2) is 0 Å². The molecule has 2 N–H and O–H groups in total. The molecule has 2 heterocycles. The zero-order valence-electron chi connectivity index (χ0n) is 15.1. The zero-order valence-corrected chi connectivity index (χ0v) is 15.9. The van der Waals surface area contributed by atoms with Crippen LogP contribution in [0, 0.1) is 13.8 Å². The second kappa shape index (κ2) is 7.00. The maximum Gasteiger partial charge on any atom is 0.228 e. The van der Waals surface area contributed by atoms with Gasteiger partial charge in [0.05, 0.1) is 17.8 Å². The van der Waals surface area contributed by atoms with Crippen LogP contribution in [0.15, 0.2) is 42.6 Å². The van der Waals surface area contributed by atoms with Crippen LogP contribution < -0.4 is 10.6 Å². The molecule has 1 aromatic heterocycles. The van der Waals surface area contributed by atoms with E-state index in [1.54, 1.807) is 18.3 Å². The minimum atomic E-state index is -0.100. The number of aryl methyl sites for hydroxylation is 2. The van der Waals surface area contributed by atoms with Crippen molar-refractivity contribution in [3.05, 3.63) is 69.9 Å². The number of amides is 1. The fourth-order valence-electron chi connectivity index (χ4n) is 3.14. The van der Waals surface area contributed by atoms with Crippen molar-refractivity contribution < 1.29 is 4.79 Å². The molecule has 0 saturated heterocycles. The smallest absolute Gasteiger partial charge is 0.228 e. The molecule has 6 heteroatoms. The van der Waals surface area contributed by atoms with E-state index in [2.05, 4.69) is 52.6 Å². The number of fused-ring (bicyclic) bond motifs is 3. The van der Waals surface area contributed by atoms with Gasteiger partial charge in [-0.05, 0) is 48.7 Å². The fraction of sp³-hybridized carbons (Fsp3) is 0.190. The standard InChI is InChI=1S/C21H19ClN4O/c1-12-3-4-14(7-13(12)2)10-23-21-24-11-15-8-19(27)25-18-9-16(22)5-6-17(18)20(15)26-21/h3-7,9,11H,8,10H2,1-2H3,(H,25,27)(H,23,24,26). The Morgan fingerprint density at radius 3 is 2.81 bits per heavy atom. The van der Waals surface area contributed by atoms with Gasteiger partial charge in [-0.1, -0.05) is 29.8 Å². The number of halogens is 1. The van der Waals surface area contributed by atoms with Crippen LogP contribution in [0.25, 0.3) is 11.3 Å². The van der Waals surface area contributed by atoms with E-state index in [0.29, 0.717) is 23.2 Å². The van der Waals surface area contributed by atoms with Crippen molar-refractivity contribution in [2.75, 3.05) is 10.6 Å².